The Morgan fingerprint density at radius 1 is 1.28 bits per heavy atom. The van der Waals surface area contributed by atoms with Gasteiger partial charge >= 0.3 is 0 Å². The Labute approximate surface area is 108 Å². The van der Waals surface area contributed by atoms with E-state index in [0.29, 0.717) is 18.2 Å². The molecule has 3 atom stereocenters. The fourth-order valence-electron chi connectivity index (χ4n) is 2.55. The monoisotopic (exact) mass is 251 g/mol. The first kappa shape index (κ1) is 13.3. The summed E-state index contributed by atoms with van der Waals surface area (Å²) in [5.74, 6) is 1.45. The fraction of sp³-hybridized carbons (Fsp3) is 0.600. The van der Waals surface area contributed by atoms with Crippen LogP contribution in [0.25, 0.3) is 0 Å². The van der Waals surface area contributed by atoms with Crippen molar-refractivity contribution < 1.29 is 9.13 Å². The smallest absolute Gasteiger partial charge is 0.165 e. The number of ether oxygens (including phenoxy) is 1. The minimum absolute atomic E-state index is 0.148. The SMILES string of the molecule is CC1CCC(Oc2ccc(CN)cc2F)CC1C. The molecule has 2 rings (SSSR count). The van der Waals surface area contributed by atoms with Crippen LogP contribution in [0.15, 0.2) is 18.2 Å². The highest BCUT2D eigenvalue weighted by Gasteiger charge is 2.26. The Bertz CT molecular complexity index is 407. The van der Waals surface area contributed by atoms with Gasteiger partial charge in [0, 0.05) is 6.54 Å². The second kappa shape index (κ2) is 5.70. The van der Waals surface area contributed by atoms with Crippen molar-refractivity contribution in [3.63, 3.8) is 0 Å². The molecule has 2 N–H and O–H groups in total. The maximum Gasteiger partial charge on any atom is 0.165 e. The molecular weight excluding hydrogens is 229 g/mol. The van der Waals surface area contributed by atoms with Gasteiger partial charge in [-0.05, 0) is 48.8 Å². The van der Waals surface area contributed by atoms with Crippen molar-refractivity contribution in [2.24, 2.45) is 17.6 Å². The van der Waals surface area contributed by atoms with E-state index in [2.05, 4.69) is 13.8 Å². The van der Waals surface area contributed by atoms with Gasteiger partial charge in [-0.1, -0.05) is 19.9 Å². The predicted molar refractivity (Wildman–Crippen MR) is 70.9 cm³/mol. The summed E-state index contributed by atoms with van der Waals surface area (Å²) in [4.78, 5) is 0. The number of benzene rings is 1. The quantitative estimate of drug-likeness (QED) is 0.892. The van der Waals surface area contributed by atoms with Gasteiger partial charge < -0.3 is 10.5 Å². The summed E-state index contributed by atoms with van der Waals surface area (Å²) in [6.07, 6.45) is 3.34. The molecule has 0 heterocycles. The van der Waals surface area contributed by atoms with Crippen LogP contribution in [0, 0.1) is 17.7 Å². The third-order valence-corrected chi connectivity index (χ3v) is 4.08. The van der Waals surface area contributed by atoms with Crippen LogP contribution in [-0.4, -0.2) is 6.10 Å². The van der Waals surface area contributed by atoms with E-state index in [4.69, 9.17) is 10.5 Å². The molecule has 1 aromatic rings. The van der Waals surface area contributed by atoms with E-state index in [1.807, 2.05) is 6.07 Å². The summed E-state index contributed by atoms with van der Waals surface area (Å²) in [6.45, 7) is 4.88. The van der Waals surface area contributed by atoms with Gasteiger partial charge in [0.2, 0.25) is 0 Å². The summed E-state index contributed by atoms with van der Waals surface area (Å²) in [5, 5.41) is 0. The molecule has 0 saturated heterocycles. The van der Waals surface area contributed by atoms with Crippen molar-refractivity contribution in [3.05, 3.63) is 29.6 Å². The Morgan fingerprint density at radius 3 is 2.67 bits per heavy atom. The Hall–Kier alpha value is -1.09. The van der Waals surface area contributed by atoms with Gasteiger partial charge in [0.15, 0.2) is 11.6 Å². The Balaban J connectivity index is 2.01. The van der Waals surface area contributed by atoms with Crippen LogP contribution >= 0.6 is 0 Å². The lowest BCUT2D eigenvalue weighted by molar-refractivity contribution is 0.0968. The molecule has 3 heteroatoms. The zero-order valence-electron chi connectivity index (χ0n) is 11.2. The molecule has 18 heavy (non-hydrogen) atoms. The molecule has 2 nitrogen and oxygen atoms in total. The van der Waals surface area contributed by atoms with Crippen LogP contribution in [0.1, 0.15) is 38.7 Å². The molecule has 0 amide bonds. The minimum Gasteiger partial charge on any atom is -0.487 e. The first-order chi connectivity index (χ1) is 8.60. The summed E-state index contributed by atoms with van der Waals surface area (Å²) >= 11 is 0. The lowest BCUT2D eigenvalue weighted by atomic mass is 9.80. The second-order valence-electron chi connectivity index (χ2n) is 5.48. The predicted octanol–water partition coefficient (Wildman–Crippen LogP) is 3.49. The van der Waals surface area contributed by atoms with E-state index < -0.39 is 0 Å². The number of halogens is 1. The van der Waals surface area contributed by atoms with Crippen molar-refractivity contribution >= 4 is 0 Å². The summed E-state index contributed by atoms with van der Waals surface area (Å²) in [6, 6.07) is 4.98. The number of nitrogens with two attached hydrogens (primary N) is 1. The van der Waals surface area contributed by atoms with Crippen molar-refractivity contribution in [1.82, 2.24) is 0 Å². The van der Waals surface area contributed by atoms with E-state index in [1.54, 1.807) is 6.07 Å². The van der Waals surface area contributed by atoms with Gasteiger partial charge in [0.25, 0.3) is 0 Å². The minimum atomic E-state index is -0.302. The van der Waals surface area contributed by atoms with Crippen LogP contribution in [-0.2, 0) is 6.54 Å². The first-order valence-electron chi connectivity index (χ1n) is 6.75. The Morgan fingerprint density at radius 2 is 2.06 bits per heavy atom. The lowest BCUT2D eigenvalue weighted by Crippen LogP contribution is -2.29. The van der Waals surface area contributed by atoms with Crippen LogP contribution in [0.4, 0.5) is 4.39 Å². The highest BCUT2D eigenvalue weighted by molar-refractivity contribution is 5.29. The van der Waals surface area contributed by atoms with Crippen molar-refractivity contribution in [2.45, 2.75) is 45.8 Å². The largest absolute Gasteiger partial charge is 0.487 e. The Kier molecular flexibility index (Phi) is 4.23. The standard InChI is InChI=1S/C15H22FNO/c1-10-3-5-13(7-11(10)2)18-15-6-4-12(9-17)8-14(15)16/h4,6,8,10-11,13H,3,5,7,9,17H2,1-2H3. The molecule has 1 aromatic carbocycles. The van der Waals surface area contributed by atoms with Gasteiger partial charge in [-0.25, -0.2) is 4.39 Å². The molecule has 0 spiro atoms. The number of hydrogen-bond acceptors (Lipinski definition) is 2. The third-order valence-electron chi connectivity index (χ3n) is 4.08. The van der Waals surface area contributed by atoms with E-state index in [1.165, 1.54) is 6.07 Å². The average Bonchev–Trinajstić information content (AvgIpc) is 2.36. The molecule has 1 aliphatic rings. The highest BCUT2D eigenvalue weighted by Crippen LogP contribution is 2.32. The van der Waals surface area contributed by atoms with E-state index in [-0.39, 0.29) is 11.9 Å². The average molecular weight is 251 g/mol. The number of hydrogen-bond donors (Lipinski definition) is 1. The van der Waals surface area contributed by atoms with Crippen LogP contribution in [0.3, 0.4) is 0 Å². The molecule has 1 saturated carbocycles. The third kappa shape index (κ3) is 3.02. The van der Waals surface area contributed by atoms with Gasteiger partial charge in [-0.2, -0.15) is 0 Å². The normalized spacial score (nSPS) is 28.1. The van der Waals surface area contributed by atoms with E-state index in [9.17, 15) is 4.39 Å². The summed E-state index contributed by atoms with van der Waals surface area (Å²) < 4.78 is 19.6. The molecule has 0 aliphatic heterocycles. The molecule has 100 valence electrons. The summed E-state index contributed by atoms with van der Waals surface area (Å²) in [5.41, 5.74) is 6.28. The van der Waals surface area contributed by atoms with Crippen molar-refractivity contribution in [2.75, 3.05) is 0 Å². The molecule has 0 radical (unpaired) electrons. The van der Waals surface area contributed by atoms with Gasteiger partial charge in [-0.3, -0.25) is 0 Å². The molecule has 1 aliphatic carbocycles. The molecule has 1 fully saturated rings. The van der Waals surface area contributed by atoms with Crippen LogP contribution < -0.4 is 10.5 Å². The topological polar surface area (TPSA) is 35.2 Å². The maximum absolute atomic E-state index is 13.8. The fourth-order valence-corrected chi connectivity index (χ4v) is 2.55. The summed E-state index contributed by atoms with van der Waals surface area (Å²) in [7, 11) is 0. The zero-order valence-corrected chi connectivity index (χ0v) is 11.2. The van der Waals surface area contributed by atoms with Crippen LogP contribution in [0.5, 0.6) is 5.75 Å². The zero-order chi connectivity index (χ0) is 13.1. The molecule has 0 bridgehead atoms. The van der Waals surface area contributed by atoms with Gasteiger partial charge in [0.05, 0.1) is 6.10 Å². The van der Waals surface area contributed by atoms with Gasteiger partial charge in [-0.15, -0.1) is 0 Å². The lowest BCUT2D eigenvalue weighted by Gasteiger charge is -2.32. The first-order valence-corrected chi connectivity index (χ1v) is 6.75. The van der Waals surface area contributed by atoms with Gasteiger partial charge in [0.1, 0.15) is 0 Å². The maximum atomic E-state index is 13.8. The highest BCUT2D eigenvalue weighted by atomic mass is 19.1. The molecular formula is C15H22FNO. The number of rotatable bonds is 3. The molecule has 3 unspecified atom stereocenters. The van der Waals surface area contributed by atoms with E-state index in [0.717, 1.165) is 30.7 Å². The van der Waals surface area contributed by atoms with Crippen molar-refractivity contribution in [3.8, 4) is 5.75 Å². The van der Waals surface area contributed by atoms with Crippen LogP contribution in [0.2, 0.25) is 0 Å². The molecule has 0 aromatic heterocycles. The van der Waals surface area contributed by atoms with E-state index >= 15 is 0 Å². The van der Waals surface area contributed by atoms with Crippen molar-refractivity contribution in [1.29, 1.82) is 0 Å². The second-order valence-corrected chi connectivity index (χ2v) is 5.48.